The van der Waals surface area contributed by atoms with Crippen molar-refractivity contribution in [2.24, 2.45) is 7.05 Å². The van der Waals surface area contributed by atoms with Crippen molar-refractivity contribution in [3.63, 3.8) is 0 Å². The second kappa shape index (κ2) is 11.3. The highest BCUT2D eigenvalue weighted by Crippen LogP contribution is 2.44. The van der Waals surface area contributed by atoms with Crippen molar-refractivity contribution in [2.45, 2.75) is 6.92 Å². The minimum atomic E-state index is -0.962. The van der Waals surface area contributed by atoms with Gasteiger partial charge in [-0.3, -0.25) is 14.2 Å². The third-order valence-electron chi connectivity index (χ3n) is 8.20. The molecule has 0 bridgehead atoms. The lowest BCUT2D eigenvalue weighted by Gasteiger charge is -2.38. The van der Waals surface area contributed by atoms with Crippen LogP contribution in [0, 0.1) is 24.4 Å². The number of carbonyl (C=O) groups excluding carboxylic acids is 1. The summed E-state index contributed by atoms with van der Waals surface area (Å²) in [7, 11) is 3.54. The molecule has 228 valence electrons. The predicted octanol–water partition coefficient (Wildman–Crippen LogP) is 4.22. The van der Waals surface area contributed by atoms with E-state index in [4.69, 9.17) is 0 Å². The van der Waals surface area contributed by atoms with Crippen LogP contribution in [0.25, 0.3) is 11.0 Å². The average molecular weight is 605 g/mol. The molecule has 2 aliphatic heterocycles. The number of piperazine rings is 1. The Kier molecular flexibility index (Phi) is 7.49. The molecule has 1 N–H and O–H groups in total. The molecule has 0 saturated carbocycles. The lowest BCUT2D eigenvalue weighted by molar-refractivity contribution is -0.114. The Morgan fingerprint density at radius 1 is 0.909 bits per heavy atom. The molecule has 0 unspecified atom stereocenters. The fraction of sp³-hybridized carbons (Fsp3) is 0.290. The van der Waals surface area contributed by atoms with E-state index in [-0.39, 0.29) is 52.8 Å². The highest BCUT2D eigenvalue weighted by Gasteiger charge is 2.35. The number of hydrogen-bond acceptors (Lipinski definition) is 8. The number of aryl methyl sites for hydroxylation is 1. The smallest absolute Gasteiger partial charge is 0.254 e. The van der Waals surface area contributed by atoms with Crippen LogP contribution in [0.4, 0.5) is 47.7 Å². The molecule has 4 aromatic rings. The Bertz CT molecular complexity index is 1850. The largest absolute Gasteiger partial charge is 0.369 e. The summed E-state index contributed by atoms with van der Waals surface area (Å²) in [6.07, 6.45) is 1.06. The van der Waals surface area contributed by atoms with E-state index < -0.39 is 28.9 Å². The Balaban J connectivity index is 1.47. The van der Waals surface area contributed by atoms with E-state index in [1.165, 1.54) is 28.3 Å². The number of halogens is 3. The van der Waals surface area contributed by atoms with Crippen LogP contribution >= 0.6 is 0 Å². The van der Waals surface area contributed by atoms with Crippen LogP contribution in [-0.4, -0.2) is 71.7 Å². The zero-order valence-corrected chi connectivity index (χ0v) is 24.6. The van der Waals surface area contributed by atoms with Gasteiger partial charge >= 0.3 is 0 Å². The van der Waals surface area contributed by atoms with Gasteiger partial charge in [-0.25, -0.2) is 13.2 Å². The van der Waals surface area contributed by atoms with Gasteiger partial charge in [0.15, 0.2) is 17.3 Å². The molecule has 4 heterocycles. The molecule has 0 spiro atoms. The van der Waals surface area contributed by atoms with E-state index in [1.807, 2.05) is 24.3 Å². The first-order chi connectivity index (χ1) is 21.1. The molecule has 1 amide bonds. The fourth-order valence-corrected chi connectivity index (χ4v) is 5.72. The van der Waals surface area contributed by atoms with Crippen molar-refractivity contribution >= 4 is 51.5 Å². The first-order valence-electron chi connectivity index (χ1n) is 14.1. The highest BCUT2D eigenvalue weighted by atomic mass is 19.1. The SMILES string of the molecule is C=CC(=O)N1CCN(c2nc(Nc3ccc(N4CCN(C)CC4)cc3)nc3c2c(F)cc(=O)n3C)c2c(F)cc(F)c(C)c21. The number of nitrogens with zero attached hydrogens (tertiary/aromatic N) is 7. The summed E-state index contributed by atoms with van der Waals surface area (Å²) >= 11 is 0. The van der Waals surface area contributed by atoms with Gasteiger partial charge in [0.2, 0.25) is 5.95 Å². The molecular weight excluding hydrogens is 573 g/mol. The number of pyridine rings is 1. The number of hydrogen-bond donors (Lipinski definition) is 1. The second-order valence-corrected chi connectivity index (χ2v) is 10.9. The van der Waals surface area contributed by atoms with E-state index in [1.54, 1.807) is 0 Å². The normalized spacial score (nSPS) is 15.5. The van der Waals surface area contributed by atoms with Crippen molar-refractivity contribution in [2.75, 3.05) is 66.3 Å². The first kappa shape index (κ1) is 29.2. The Morgan fingerprint density at radius 3 is 2.30 bits per heavy atom. The van der Waals surface area contributed by atoms with Crippen LogP contribution in [0.15, 0.2) is 53.8 Å². The number of carbonyl (C=O) groups is 1. The minimum absolute atomic E-state index is 0.00959. The van der Waals surface area contributed by atoms with Gasteiger partial charge < -0.3 is 24.9 Å². The summed E-state index contributed by atoms with van der Waals surface area (Å²) in [5.41, 5.74) is 0.919. The van der Waals surface area contributed by atoms with Gasteiger partial charge in [-0.2, -0.15) is 9.97 Å². The third kappa shape index (κ3) is 5.02. The van der Waals surface area contributed by atoms with Gasteiger partial charge in [-0.1, -0.05) is 6.58 Å². The summed E-state index contributed by atoms with van der Waals surface area (Å²) in [5.74, 6) is -3.25. The van der Waals surface area contributed by atoms with Crippen LogP contribution in [0.5, 0.6) is 0 Å². The summed E-state index contributed by atoms with van der Waals surface area (Å²) in [6, 6.07) is 9.22. The monoisotopic (exact) mass is 604 g/mol. The van der Waals surface area contributed by atoms with E-state index in [2.05, 4.69) is 38.7 Å². The summed E-state index contributed by atoms with van der Waals surface area (Å²) in [4.78, 5) is 41.5. The van der Waals surface area contributed by atoms with Crippen LogP contribution in [0.3, 0.4) is 0 Å². The van der Waals surface area contributed by atoms with Crippen molar-refractivity contribution in [3.8, 4) is 0 Å². The average Bonchev–Trinajstić information content (AvgIpc) is 3.02. The number of nitrogens with one attached hydrogen (secondary N) is 1. The van der Waals surface area contributed by atoms with E-state index in [0.29, 0.717) is 5.69 Å². The molecule has 1 fully saturated rings. The molecule has 0 atom stereocenters. The van der Waals surface area contributed by atoms with Gasteiger partial charge in [-0.15, -0.1) is 0 Å². The molecule has 2 aromatic carbocycles. The third-order valence-corrected chi connectivity index (χ3v) is 8.20. The molecule has 0 aliphatic carbocycles. The maximum atomic E-state index is 15.6. The molecule has 1 saturated heterocycles. The molecule has 0 radical (unpaired) electrons. The maximum Gasteiger partial charge on any atom is 0.254 e. The van der Waals surface area contributed by atoms with Crippen LogP contribution < -0.4 is 25.6 Å². The maximum absolute atomic E-state index is 15.6. The van der Waals surface area contributed by atoms with E-state index >= 15 is 8.78 Å². The molecular formula is C31H31F3N8O2. The van der Waals surface area contributed by atoms with Crippen LogP contribution in [-0.2, 0) is 11.8 Å². The van der Waals surface area contributed by atoms with Crippen molar-refractivity contribution in [3.05, 3.63) is 82.4 Å². The van der Waals surface area contributed by atoms with Crippen molar-refractivity contribution in [1.29, 1.82) is 0 Å². The van der Waals surface area contributed by atoms with Gasteiger partial charge in [0.25, 0.3) is 11.5 Å². The Labute approximate surface area is 251 Å². The first-order valence-corrected chi connectivity index (χ1v) is 14.1. The fourth-order valence-electron chi connectivity index (χ4n) is 5.72. The standard InChI is InChI=1S/C31H31F3N8O2/c1-5-24(43)41-14-15-42(28-23(34)16-21(32)18(2)27(28)41)30-26-22(33)17-25(44)39(4)29(26)36-31(37-30)35-19-6-8-20(9-7-19)40-12-10-38(3)11-13-40/h5-9,16-17H,1,10-15H2,2-4H3,(H,35,36,37). The lowest BCUT2D eigenvalue weighted by Crippen LogP contribution is -2.44. The minimum Gasteiger partial charge on any atom is -0.369 e. The van der Waals surface area contributed by atoms with Gasteiger partial charge in [0, 0.05) is 75.4 Å². The predicted molar refractivity (Wildman–Crippen MR) is 165 cm³/mol. The Hall–Kier alpha value is -4.91. The van der Waals surface area contributed by atoms with Crippen molar-refractivity contribution in [1.82, 2.24) is 19.4 Å². The molecule has 2 aliphatic rings. The molecule has 6 rings (SSSR count). The Morgan fingerprint density at radius 2 is 1.61 bits per heavy atom. The second-order valence-electron chi connectivity index (χ2n) is 10.9. The number of fused-ring (bicyclic) bond motifs is 2. The van der Waals surface area contributed by atoms with Crippen LogP contribution in [0.1, 0.15) is 5.56 Å². The van der Waals surface area contributed by atoms with Crippen LogP contribution in [0.2, 0.25) is 0 Å². The van der Waals surface area contributed by atoms with Gasteiger partial charge in [0.1, 0.15) is 17.3 Å². The molecule has 10 nitrogen and oxygen atoms in total. The number of aromatic nitrogens is 3. The summed E-state index contributed by atoms with van der Waals surface area (Å²) in [6.45, 7) is 8.69. The zero-order chi connectivity index (χ0) is 31.3. The van der Waals surface area contributed by atoms with Crippen molar-refractivity contribution < 1.29 is 18.0 Å². The quantitative estimate of drug-likeness (QED) is 0.339. The lowest BCUT2D eigenvalue weighted by atomic mass is 10.0. The summed E-state index contributed by atoms with van der Waals surface area (Å²) < 4.78 is 47.1. The number of benzene rings is 2. The zero-order valence-electron chi connectivity index (χ0n) is 24.6. The molecule has 44 heavy (non-hydrogen) atoms. The number of likely N-dealkylation sites (N-methyl/N-ethyl adjacent to an activating group) is 1. The topological polar surface area (TPSA) is 89.8 Å². The molecule has 2 aromatic heterocycles. The number of amides is 1. The summed E-state index contributed by atoms with van der Waals surface area (Å²) in [5, 5.41) is 3.00. The number of rotatable bonds is 5. The van der Waals surface area contributed by atoms with E-state index in [9.17, 15) is 14.0 Å². The van der Waals surface area contributed by atoms with Gasteiger partial charge in [-0.05, 0) is 44.3 Å². The number of anilines is 6. The van der Waals surface area contributed by atoms with Gasteiger partial charge in [0.05, 0.1) is 11.1 Å². The molecule has 13 heteroatoms. The highest BCUT2D eigenvalue weighted by molar-refractivity contribution is 6.06. The van der Waals surface area contributed by atoms with E-state index in [0.717, 1.165) is 50.1 Å².